The minimum atomic E-state index is -3.62. The number of carbonyl (C=O) groups is 2. The van der Waals surface area contributed by atoms with Gasteiger partial charge in [0.15, 0.2) is 0 Å². The summed E-state index contributed by atoms with van der Waals surface area (Å²) in [5.74, 6) is -0.238. The Bertz CT molecular complexity index is 925. The van der Waals surface area contributed by atoms with Crippen molar-refractivity contribution >= 4 is 33.3 Å². The van der Waals surface area contributed by atoms with Crippen molar-refractivity contribution in [1.29, 1.82) is 0 Å². The third-order valence-corrected chi connectivity index (χ3v) is 7.53. The Balaban J connectivity index is 1.75. The number of morpholine rings is 1. The molecule has 2 fully saturated rings. The predicted molar refractivity (Wildman–Crippen MR) is 127 cm³/mol. The lowest BCUT2D eigenvalue weighted by Gasteiger charge is -2.31. The third-order valence-electron chi connectivity index (χ3n) is 5.64. The fourth-order valence-electron chi connectivity index (χ4n) is 3.84. The first-order valence-corrected chi connectivity index (χ1v) is 13.0. The van der Waals surface area contributed by atoms with Crippen LogP contribution in [0.25, 0.3) is 0 Å². The van der Waals surface area contributed by atoms with Gasteiger partial charge in [-0.3, -0.25) is 10.1 Å². The first-order chi connectivity index (χ1) is 15.8. The van der Waals surface area contributed by atoms with Gasteiger partial charge in [-0.05, 0) is 37.0 Å². The summed E-state index contributed by atoms with van der Waals surface area (Å²) in [4.78, 5) is 26.4. The topological polar surface area (TPSA) is 120 Å². The zero-order valence-corrected chi connectivity index (χ0v) is 20.2. The van der Waals surface area contributed by atoms with Crippen LogP contribution in [0.4, 0.5) is 16.2 Å². The Morgan fingerprint density at radius 3 is 2.42 bits per heavy atom. The maximum atomic E-state index is 13.2. The molecule has 0 atom stereocenters. The molecule has 3 rings (SSSR count). The highest BCUT2D eigenvalue weighted by Crippen LogP contribution is 2.31. The number of anilines is 2. The molecule has 11 heteroatoms. The monoisotopic (exact) mass is 481 g/mol. The van der Waals surface area contributed by atoms with Gasteiger partial charge in [0, 0.05) is 32.7 Å². The van der Waals surface area contributed by atoms with Gasteiger partial charge in [-0.1, -0.05) is 20.3 Å². The van der Waals surface area contributed by atoms with Crippen LogP contribution in [0.1, 0.15) is 33.1 Å². The second-order valence-electron chi connectivity index (χ2n) is 8.75. The molecule has 3 N–H and O–H groups in total. The lowest BCUT2D eigenvalue weighted by atomic mass is 10.2. The summed E-state index contributed by atoms with van der Waals surface area (Å²) < 4.78 is 33.3. The van der Waals surface area contributed by atoms with Crippen LogP contribution in [0.5, 0.6) is 0 Å². The van der Waals surface area contributed by atoms with Gasteiger partial charge in [0.1, 0.15) is 0 Å². The van der Waals surface area contributed by atoms with E-state index in [1.165, 1.54) is 4.31 Å². The smallest absolute Gasteiger partial charge is 0.321 e. The summed E-state index contributed by atoms with van der Waals surface area (Å²) in [5, 5.41) is 7.96. The number of nitrogens with zero attached hydrogens (tertiary/aromatic N) is 2. The highest BCUT2D eigenvalue weighted by Gasteiger charge is 2.27. The van der Waals surface area contributed by atoms with E-state index in [1.54, 1.807) is 18.2 Å². The highest BCUT2D eigenvalue weighted by atomic mass is 32.2. The van der Waals surface area contributed by atoms with E-state index in [0.29, 0.717) is 51.6 Å². The number of hydrogen-bond acceptors (Lipinski definition) is 7. The number of nitrogens with one attached hydrogen (secondary N) is 3. The molecule has 0 aromatic heterocycles. The molecule has 0 radical (unpaired) electrons. The SMILES string of the molecule is CC(C)CNC(=O)NC(=O)CNc1cc(S(=O)(=O)N2CCCCC2)ccc1N1CCOCC1. The summed E-state index contributed by atoms with van der Waals surface area (Å²) >= 11 is 0. The van der Waals surface area contributed by atoms with Crippen LogP contribution >= 0.6 is 0 Å². The molecule has 2 saturated heterocycles. The lowest BCUT2D eigenvalue weighted by Crippen LogP contribution is -2.43. The zero-order valence-electron chi connectivity index (χ0n) is 19.4. The summed E-state index contributed by atoms with van der Waals surface area (Å²) in [5.41, 5.74) is 1.33. The standard InChI is InChI=1S/C22H35N5O5S/c1-17(2)15-24-22(29)25-21(28)16-23-19-14-18(33(30,31)27-8-4-3-5-9-27)6-7-20(19)26-10-12-32-13-11-26/h6-7,14,17,23H,3-5,8-13,15-16H2,1-2H3,(H2,24,25,28,29). The van der Waals surface area contributed by atoms with Crippen LogP contribution in [-0.4, -0.2) is 77.1 Å². The Morgan fingerprint density at radius 1 is 1.06 bits per heavy atom. The minimum absolute atomic E-state index is 0.167. The first kappa shape index (κ1) is 25.3. The normalized spacial score (nSPS) is 17.6. The maximum absolute atomic E-state index is 13.2. The molecule has 0 saturated carbocycles. The molecule has 0 spiro atoms. The molecule has 2 aliphatic heterocycles. The van der Waals surface area contributed by atoms with E-state index in [2.05, 4.69) is 20.9 Å². The van der Waals surface area contributed by atoms with Crippen LogP contribution in [0.15, 0.2) is 23.1 Å². The number of hydrogen-bond donors (Lipinski definition) is 3. The second kappa shape index (κ2) is 11.7. The molecule has 184 valence electrons. The molecular formula is C22H35N5O5S. The fourth-order valence-corrected chi connectivity index (χ4v) is 5.38. The highest BCUT2D eigenvalue weighted by molar-refractivity contribution is 7.89. The second-order valence-corrected chi connectivity index (χ2v) is 10.7. The Labute approximate surface area is 196 Å². The summed E-state index contributed by atoms with van der Waals surface area (Å²) in [6, 6.07) is 4.43. The van der Waals surface area contributed by atoms with Gasteiger partial charge in [-0.2, -0.15) is 4.31 Å². The maximum Gasteiger partial charge on any atom is 0.321 e. The van der Waals surface area contributed by atoms with Gasteiger partial charge >= 0.3 is 6.03 Å². The van der Waals surface area contributed by atoms with Crippen LogP contribution in [0.3, 0.4) is 0 Å². The Kier molecular flexibility index (Phi) is 8.93. The van der Waals surface area contributed by atoms with E-state index >= 15 is 0 Å². The van der Waals surface area contributed by atoms with Gasteiger partial charge in [0.2, 0.25) is 15.9 Å². The van der Waals surface area contributed by atoms with Crippen molar-refractivity contribution in [3.05, 3.63) is 18.2 Å². The molecule has 2 heterocycles. The van der Waals surface area contributed by atoms with E-state index in [9.17, 15) is 18.0 Å². The average Bonchev–Trinajstić information content (AvgIpc) is 2.82. The first-order valence-electron chi connectivity index (χ1n) is 11.6. The number of urea groups is 1. The minimum Gasteiger partial charge on any atom is -0.378 e. The average molecular weight is 482 g/mol. The van der Waals surface area contributed by atoms with Crippen molar-refractivity contribution < 1.29 is 22.7 Å². The molecule has 0 aliphatic carbocycles. The molecule has 2 aliphatic rings. The van der Waals surface area contributed by atoms with E-state index < -0.39 is 22.0 Å². The number of piperidine rings is 1. The van der Waals surface area contributed by atoms with Crippen LogP contribution in [0.2, 0.25) is 0 Å². The number of sulfonamides is 1. The molecule has 0 unspecified atom stereocenters. The van der Waals surface area contributed by atoms with Crippen LogP contribution < -0.4 is 20.9 Å². The van der Waals surface area contributed by atoms with Crippen molar-refractivity contribution in [2.75, 3.05) is 62.7 Å². The lowest BCUT2D eigenvalue weighted by molar-refractivity contribution is -0.118. The van der Waals surface area contributed by atoms with Gasteiger partial charge in [-0.25, -0.2) is 13.2 Å². The number of ether oxygens (including phenoxy) is 1. The van der Waals surface area contributed by atoms with Crippen LogP contribution in [0, 0.1) is 5.92 Å². The van der Waals surface area contributed by atoms with Crippen molar-refractivity contribution in [3.63, 3.8) is 0 Å². The Hall–Kier alpha value is -2.37. The van der Waals surface area contributed by atoms with Gasteiger partial charge in [-0.15, -0.1) is 0 Å². The summed E-state index contributed by atoms with van der Waals surface area (Å²) in [7, 11) is -3.62. The van der Waals surface area contributed by atoms with Gasteiger partial charge in [0.25, 0.3) is 0 Å². The number of benzene rings is 1. The molecule has 0 bridgehead atoms. The number of imide groups is 1. The van der Waals surface area contributed by atoms with E-state index in [-0.39, 0.29) is 17.4 Å². The van der Waals surface area contributed by atoms with E-state index in [1.807, 2.05) is 13.8 Å². The third kappa shape index (κ3) is 7.05. The van der Waals surface area contributed by atoms with Gasteiger partial charge in [0.05, 0.1) is 36.0 Å². The predicted octanol–water partition coefficient (Wildman–Crippen LogP) is 1.59. The molecule has 10 nitrogen and oxygen atoms in total. The molecule has 1 aromatic carbocycles. The van der Waals surface area contributed by atoms with Crippen molar-refractivity contribution in [3.8, 4) is 0 Å². The fraction of sp³-hybridized carbons (Fsp3) is 0.636. The molecular weight excluding hydrogens is 446 g/mol. The molecule has 1 aromatic rings. The van der Waals surface area contributed by atoms with Crippen molar-refractivity contribution in [1.82, 2.24) is 14.9 Å². The van der Waals surface area contributed by atoms with E-state index in [4.69, 9.17) is 4.74 Å². The van der Waals surface area contributed by atoms with Crippen LogP contribution in [-0.2, 0) is 19.6 Å². The summed E-state index contributed by atoms with van der Waals surface area (Å²) in [6.07, 6.45) is 2.75. The van der Waals surface area contributed by atoms with Gasteiger partial charge < -0.3 is 20.3 Å². The number of carbonyl (C=O) groups excluding carboxylic acids is 2. The number of rotatable bonds is 8. The Morgan fingerprint density at radius 2 is 1.76 bits per heavy atom. The van der Waals surface area contributed by atoms with Crippen molar-refractivity contribution in [2.45, 2.75) is 38.0 Å². The largest absolute Gasteiger partial charge is 0.378 e. The molecule has 33 heavy (non-hydrogen) atoms. The molecule has 3 amide bonds. The summed E-state index contributed by atoms with van der Waals surface area (Å²) in [6.45, 7) is 7.72. The van der Waals surface area contributed by atoms with Crippen molar-refractivity contribution in [2.24, 2.45) is 5.92 Å². The van der Waals surface area contributed by atoms with E-state index in [0.717, 1.165) is 24.9 Å². The number of amides is 3. The quantitative estimate of drug-likeness (QED) is 0.516. The zero-order chi connectivity index (χ0) is 23.8.